The lowest BCUT2D eigenvalue weighted by atomic mass is 10.1. The number of ether oxygens (including phenoxy) is 1. The number of nitrogens with one attached hydrogen (secondary N) is 1. The highest BCUT2D eigenvalue weighted by Gasteiger charge is 2.14. The molecule has 0 fully saturated rings. The summed E-state index contributed by atoms with van der Waals surface area (Å²) in [6, 6.07) is 14.0. The summed E-state index contributed by atoms with van der Waals surface area (Å²) < 4.78 is 8.00. The van der Waals surface area contributed by atoms with Crippen LogP contribution in [-0.4, -0.2) is 32.8 Å². The summed E-state index contributed by atoms with van der Waals surface area (Å²) in [5.74, 6) is -0.499. The molecule has 8 nitrogen and oxygen atoms in total. The van der Waals surface area contributed by atoms with Gasteiger partial charge in [0.2, 0.25) is 10.7 Å². The van der Waals surface area contributed by atoms with Crippen molar-refractivity contribution < 1.29 is 14.3 Å². The van der Waals surface area contributed by atoms with Gasteiger partial charge in [-0.15, -0.1) is 5.10 Å². The zero-order valence-corrected chi connectivity index (χ0v) is 16.9. The molecule has 1 aromatic heterocycles. The molecule has 0 aliphatic heterocycles. The van der Waals surface area contributed by atoms with Crippen molar-refractivity contribution in [3.05, 3.63) is 70.0 Å². The fraction of sp³-hybridized carbons (Fsp3) is 0.200. The van der Waals surface area contributed by atoms with Gasteiger partial charge in [0.05, 0.1) is 17.9 Å². The van der Waals surface area contributed by atoms with E-state index in [-0.39, 0.29) is 23.0 Å². The third kappa shape index (κ3) is 4.69. The maximum atomic E-state index is 12.6. The van der Waals surface area contributed by atoms with Crippen molar-refractivity contribution in [2.45, 2.75) is 20.4 Å². The van der Waals surface area contributed by atoms with Gasteiger partial charge in [0.1, 0.15) is 6.54 Å². The minimum absolute atomic E-state index is 0.0791. The zero-order valence-electron chi connectivity index (χ0n) is 16.1. The number of hydrogen-bond donors (Lipinski definition) is 2. The van der Waals surface area contributed by atoms with Crippen LogP contribution in [0.2, 0.25) is 0 Å². The van der Waals surface area contributed by atoms with E-state index in [0.717, 1.165) is 11.3 Å². The first-order valence-electron chi connectivity index (χ1n) is 8.98. The Morgan fingerprint density at radius 3 is 2.52 bits per heavy atom. The number of carbonyl (C=O) groups is 2. The van der Waals surface area contributed by atoms with Crippen LogP contribution in [0.4, 0.5) is 11.6 Å². The first-order valence-corrected chi connectivity index (χ1v) is 9.39. The van der Waals surface area contributed by atoms with Gasteiger partial charge in [0.15, 0.2) is 5.78 Å². The van der Waals surface area contributed by atoms with Gasteiger partial charge in [-0.2, -0.15) is 4.68 Å². The summed E-state index contributed by atoms with van der Waals surface area (Å²) in [5, 5.41) is 4.16. The normalized spacial score (nSPS) is 10.6. The Balaban J connectivity index is 1.76. The second kappa shape index (κ2) is 8.70. The van der Waals surface area contributed by atoms with E-state index in [1.54, 1.807) is 31.2 Å². The Bertz CT molecular complexity index is 1100. The van der Waals surface area contributed by atoms with Crippen LogP contribution in [0.15, 0.2) is 48.5 Å². The fourth-order valence-corrected chi connectivity index (χ4v) is 2.95. The Morgan fingerprint density at radius 2 is 1.86 bits per heavy atom. The van der Waals surface area contributed by atoms with E-state index in [0.29, 0.717) is 17.7 Å². The standard InChI is InChI=1S/C20H21N5O3S/c1-3-28-18(27)15-9-7-14(8-10-15)17(26)12-24-20(29)25(19(21)23-24)22-16-6-4-5-13(2)11-16/h4-11,22H,3,12H2,1-2H3,(H2,21,23). The Hall–Kier alpha value is -3.46. The van der Waals surface area contributed by atoms with Gasteiger partial charge in [-0.1, -0.05) is 24.3 Å². The van der Waals surface area contributed by atoms with Crippen LogP contribution in [0.5, 0.6) is 0 Å². The SMILES string of the molecule is CCOC(=O)c1ccc(C(=O)Cn2nc(N)n(Nc3cccc(C)c3)c2=S)cc1. The molecule has 0 radical (unpaired) electrons. The summed E-state index contributed by atoms with van der Waals surface area (Å²) in [6.45, 7) is 3.92. The third-order valence-corrected chi connectivity index (χ3v) is 4.53. The maximum Gasteiger partial charge on any atom is 0.338 e. The van der Waals surface area contributed by atoms with Gasteiger partial charge in [-0.25, -0.2) is 9.48 Å². The van der Waals surface area contributed by atoms with Gasteiger partial charge >= 0.3 is 5.97 Å². The smallest absolute Gasteiger partial charge is 0.338 e. The van der Waals surface area contributed by atoms with Crippen molar-refractivity contribution in [1.82, 2.24) is 14.5 Å². The summed E-state index contributed by atoms with van der Waals surface area (Å²) in [4.78, 5) is 24.3. The van der Waals surface area contributed by atoms with E-state index >= 15 is 0 Å². The van der Waals surface area contributed by atoms with Crippen LogP contribution < -0.4 is 11.2 Å². The minimum Gasteiger partial charge on any atom is -0.462 e. The van der Waals surface area contributed by atoms with Crippen LogP contribution in [0.25, 0.3) is 0 Å². The number of aryl methyl sites for hydroxylation is 1. The minimum atomic E-state index is -0.428. The predicted molar refractivity (Wildman–Crippen MR) is 112 cm³/mol. The van der Waals surface area contributed by atoms with Crippen molar-refractivity contribution in [2.24, 2.45) is 0 Å². The number of hydrogen-bond acceptors (Lipinski definition) is 7. The topological polar surface area (TPSA) is 104 Å². The largest absolute Gasteiger partial charge is 0.462 e. The average molecular weight is 411 g/mol. The summed E-state index contributed by atoms with van der Waals surface area (Å²) in [7, 11) is 0. The molecular formula is C20H21N5O3S. The molecule has 1 heterocycles. The summed E-state index contributed by atoms with van der Waals surface area (Å²) >= 11 is 5.40. The monoisotopic (exact) mass is 411 g/mol. The zero-order chi connectivity index (χ0) is 21.0. The molecule has 3 rings (SSSR count). The number of nitrogens with zero attached hydrogens (tertiary/aromatic N) is 3. The molecule has 3 aromatic rings. The van der Waals surface area contributed by atoms with Crippen molar-refractivity contribution in [2.75, 3.05) is 17.8 Å². The number of aromatic nitrogens is 3. The molecule has 9 heteroatoms. The van der Waals surface area contributed by atoms with Crippen LogP contribution in [0, 0.1) is 11.7 Å². The molecule has 0 saturated heterocycles. The first-order chi connectivity index (χ1) is 13.9. The fourth-order valence-electron chi connectivity index (χ4n) is 2.71. The number of ketones is 1. The quantitative estimate of drug-likeness (QED) is 0.349. The number of Topliss-reactive ketones (excluding diaryl/α,β-unsaturated/α-hetero) is 1. The number of nitrogen functional groups attached to an aromatic ring is 1. The Morgan fingerprint density at radius 1 is 1.17 bits per heavy atom. The number of anilines is 2. The van der Waals surface area contributed by atoms with Gasteiger partial charge in [0, 0.05) is 5.56 Å². The highest BCUT2D eigenvalue weighted by molar-refractivity contribution is 7.71. The van der Waals surface area contributed by atoms with Crippen molar-refractivity contribution >= 4 is 35.6 Å². The molecule has 2 aromatic carbocycles. The number of rotatable bonds is 7. The Kier molecular flexibility index (Phi) is 6.08. The lowest BCUT2D eigenvalue weighted by molar-refractivity contribution is 0.0526. The number of benzene rings is 2. The maximum absolute atomic E-state index is 12.6. The second-order valence-electron chi connectivity index (χ2n) is 6.34. The molecule has 29 heavy (non-hydrogen) atoms. The van der Waals surface area contributed by atoms with E-state index in [1.165, 1.54) is 9.36 Å². The van der Waals surface area contributed by atoms with Crippen LogP contribution in [0.3, 0.4) is 0 Å². The average Bonchev–Trinajstić information content (AvgIpc) is 2.95. The number of nitrogens with two attached hydrogens (primary N) is 1. The highest BCUT2D eigenvalue weighted by Crippen LogP contribution is 2.13. The predicted octanol–water partition coefficient (Wildman–Crippen LogP) is 3.24. The number of carbonyl (C=O) groups excluding carboxylic acids is 2. The second-order valence-corrected chi connectivity index (χ2v) is 6.70. The van der Waals surface area contributed by atoms with Gasteiger partial charge in [-0.3, -0.25) is 10.2 Å². The van der Waals surface area contributed by atoms with E-state index in [4.69, 9.17) is 22.7 Å². The van der Waals surface area contributed by atoms with Crippen LogP contribution in [0.1, 0.15) is 33.2 Å². The summed E-state index contributed by atoms with van der Waals surface area (Å²) in [5.41, 5.74) is 11.7. The van der Waals surface area contributed by atoms with Crippen molar-refractivity contribution in [1.29, 1.82) is 0 Å². The van der Waals surface area contributed by atoms with E-state index in [2.05, 4.69) is 10.5 Å². The first kappa shape index (κ1) is 20.3. The van der Waals surface area contributed by atoms with Gasteiger partial charge in [0.25, 0.3) is 0 Å². The molecule has 0 aliphatic rings. The molecule has 0 spiro atoms. The molecule has 0 aliphatic carbocycles. The highest BCUT2D eigenvalue weighted by atomic mass is 32.1. The molecule has 0 unspecified atom stereocenters. The van der Waals surface area contributed by atoms with E-state index < -0.39 is 5.97 Å². The van der Waals surface area contributed by atoms with Gasteiger partial charge in [-0.05, 0) is 55.9 Å². The van der Waals surface area contributed by atoms with Crippen LogP contribution >= 0.6 is 12.2 Å². The van der Waals surface area contributed by atoms with E-state index in [9.17, 15) is 9.59 Å². The third-order valence-electron chi connectivity index (χ3n) is 4.13. The summed E-state index contributed by atoms with van der Waals surface area (Å²) in [6.07, 6.45) is 0. The molecule has 0 atom stereocenters. The number of esters is 1. The molecule has 3 N–H and O–H groups in total. The molecule has 0 saturated carbocycles. The molecular weight excluding hydrogens is 390 g/mol. The van der Waals surface area contributed by atoms with Crippen molar-refractivity contribution in [3.63, 3.8) is 0 Å². The molecule has 150 valence electrons. The molecule has 0 amide bonds. The van der Waals surface area contributed by atoms with E-state index in [1.807, 2.05) is 31.2 Å². The lowest BCUT2D eigenvalue weighted by Crippen LogP contribution is -2.15. The molecule has 0 bridgehead atoms. The van der Waals surface area contributed by atoms with Crippen molar-refractivity contribution in [3.8, 4) is 0 Å². The van der Waals surface area contributed by atoms with Crippen LogP contribution in [-0.2, 0) is 11.3 Å². The van der Waals surface area contributed by atoms with Gasteiger partial charge < -0.3 is 10.5 Å². The lowest BCUT2D eigenvalue weighted by Gasteiger charge is -2.08. The Labute approximate surface area is 172 Å².